The maximum Gasteiger partial charge on any atom is 0.124 e. The molecule has 21 heavy (non-hydrogen) atoms. The normalized spacial score (nSPS) is 9.86. The molecule has 4 heteroatoms. The second-order valence-electron chi connectivity index (χ2n) is 4.32. The Balaban J connectivity index is 1.96. The lowest BCUT2D eigenvalue weighted by Gasteiger charge is -2.08. The van der Waals surface area contributed by atoms with E-state index in [1.165, 1.54) is 12.1 Å². The lowest BCUT2D eigenvalue weighted by molar-refractivity contribution is 0.305. The van der Waals surface area contributed by atoms with E-state index in [1.54, 1.807) is 18.2 Å². The molecule has 0 bridgehead atoms. The summed E-state index contributed by atoms with van der Waals surface area (Å²) in [6.45, 7) is 0.335. The van der Waals surface area contributed by atoms with Crippen molar-refractivity contribution in [2.75, 3.05) is 6.61 Å². The number of rotatable bonds is 4. The largest absolute Gasteiger partial charge is 0.489 e. The minimum absolute atomic E-state index is 0.0621. The van der Waals surface area contributed by atoms with Crippen molar-refractivity contribution in [3.63, 3.8) is 0 Å². The van der Waals surface area contributed by atoms with E-state index >= 15 is 0 Å². The third-order valence-corrected chi connectivity index (χ3v) is 3.09. The number of halogens is 2. The fraction of sp³-hybridized carbons (Fsp3) is 0.176. The van der Waals surface area contributed by atoms with Gasteiger partial charge in [-0.05, 0) is 36.4 Å². The summed E-state index contributed by atoms with van der Waals surface area (Å²) in [6, 6.07) is 11.5. The molecule has 0 atom stereocenters. The Labute approximate surface area is 128 Å². The van der Waals surface area contributed by atoms with Gasteiger partial charge in [0.1, 0.15) is 18.2 Å². The van der Waals surface area contributed by atoms with Gasteiger partial charge in [0, 0.05) is 17.5 Å². The summed E-state index contributed by atoms with van der Waals surface area (Å²) >= 11 is 5.93. The van der Waals surface area contributed by atoms with Crippen molar-refractivity contribution in [3.8, 4) is 17.6 Å². The van der Waals surface area contributed by atoms with E-state index in [2.05, 4.69) is 11.8 Å². The molecule has 0 aromatic heterocycles. The molecule has 2 nitrogen and oxygen atoms in total. The molecule has 0 aliphatic carbocycles. The Morgan fingerprint density at radius 3 is 2.57 bits per heavy atom. The third kappa shape index (κ3) is 4.78. The van der Waals surface area contributed by atoms with Crippen LogP contribution in [0.2, 0.25) is 5.02 Å². The highest BCUT2D eigenvalue weighted by Gasteiger charge is 2.03. The minimum atomic E-state index is -0.366. The van der Waals surface area contributed by atoms with Crippen LogP contribution in [0.15, 0.2) is 42.5 Å². The quantitative estimate of drug-likeness (QED) is 0.871. The fourth-order valence-electron chi connectivity index (χ4n) is 1.65. The number of aliphatic hydroxyl groups is 1. The highest BCUT2D eigenvalue weighted by molar-refractivity contribution is 6.31. The van der Waals surface area contributed by atoms with Crippen molar-refractivity contribution in [2.24, 2.45) is 0 Å². The Bertz CT molecular complexity index is 657. The van der Waals surface area contributed by atoms with Gasteiger partial charge in [-0.2, -0.15) is 0 Å². The number of hydrogen-bond donors (Lipinski definition) is 1. The molecule has 0 saturated carbocycles. The summed E-state index contributed by atoms with van der Waals surface area (Å²) in [5.41, 5.74) is 1.58. The average molecular weight is 305 g/mol. The van der Waals surface area contributed by atoms with Crippen LogP contribution in [0.25, 0.3) is 0 Å². The standard InChI is InChI=1S/C17H14ClFO2/c18-17-11-15(19)7-6-14(17)12-21-16-8-4-13(5-9-16)3-1-2-10-20/h4-9,11,20H,2,10,12H2. The molecule has 1 N–H and O–H groups in total. The van der Waals surface area contributed by atoms with Crippen LogP contribution in [0.4, 0.5) is 4.39 Å². The van der Waals surface area contributed by atoms with Crippen LogP contribution in [0.3, 0.4) is 0 Å². The van der Waals surface area contributed by atoms with Gasteiger partial charge in [0.25, 0.3) is 0 Å². The number of hydrogen-bond acceptors (Lipinski definition) is 2. The fourth-order valence-corrected chi connectivity index (χ4v) is 1.88. The van der Waals surface area contributed by atoms with Crippen molar-refractivity contribution >= 4 is 11.6 Å². The van der Waals surface area contributed by atoms with Gasteiger partial charge in [0.15, 0.2) is 0 Å². The van der Waals surface area contributed by atoms with Gasteiger partial charge in [-0.25, -0.2) is 4.39 Å². The van der Waals surface area contributed by atoms with E-state index in [-0.39, 0.29) is 19.0 Å². The van der Waals surface area contributed by atoms with Gasteiger partial charge in [0.2, 0.25) is 0 Å². The molecule has 2 aromatic carbocycles. The van der Waals surface area contributed by atoms with E-state index in [4.69, 9.17) is 21.4 Å². The second kappa shape index (κ2) is 7.68. The minimum Gasteiger partial charge on any atom is -0.489 e. The lowest BCUT2D eigenvalue weighted by atomic mass is 10.2. The molecular formula is C17H14ClFO2. The zero-order valence-electron chi connectivity index (χ0n) is 11.3. The van der Waals surface area contributed by atoms with Crippen molar-refractivity contribution in [3.05, 3.63) is 64.4 Å². The Morgan fingerprint density at radius 2 is 1.90 bits per heavy atom. The molecule has 0 spiro atoms. The van der Waals surface area contributed by atoms with Gasteiger partial charge < -0.3 is 9.84 Å². The first-order valence-electron chi connectivity index (χ1n) is 6.45. The molecular weight excluding hydrogens is 291 g/mol. The van der Waals surface area contributed by atoms with Gasteiger partial charge in [-0.3, -0.25) is 0 Å². The van der Waals surface area contributed by atoms with Gasteiger partial charge in [-0.1, -0.05) is 29.5 Å². The van der Waals surface area contributed by atoms with E-state index < -0.39 is 0 Å². The first kappa shape index (κ1) is 15.4. The molecule has 0 heterocycles. The summed E-state index contributed by atoms with van der Waals surface area (Å²) in [5, 5.41) is 9.00. The summed E-state index contributed by atoms with van der Waals surface area (Å²) in [4.78, 5) is 0. The van der Waals surface area contributed by atoms with E-state index in [1.807, 2.05) is 12.1 Å². The third-order valence-electron chi connectivity index (χ3n) is 2.73. The number of benzene rings is 2. The van der Waals surface area contributed by atoms with Gasteiger partial charge >= 0.3 is 0 Å². The zero-order chi connectivity index (χ0) is 15.1. The van der Waals surface area contributed by atoms with Crippen molar-refractivity contribution in [1.29, 1.82) is 0 Å². The Hall–Kier alpha value is -2.02. The average Bonchev–Trinajstić information content (AvgIpc) is 2.48. The molecule has 0 fully saturated rings. The first-order chi connectivity index (χ1) is 10.2. The summed E-state index contributed by atoms with van der Waals surface area (Å²) in [6.07, 6.45) is 0.460. The van der Waals surface area contributed by atoms with Crippen molar-refractivity contribution in [1.82, 2.24) is 0 Å². The topological polar surface area (TPSA) is 29.5 Å². The predicted molar refractivity (Wildman–Crippen MR) is 80.8 cm³/mol. The Kier molecular flexibility index (Phi) is 5.62. The summed E-state index contributed by atoms with van der Waals surface area (Å²) in [5.74, 6) is 6.10. The first-order valence-corrected chi connectivity index (χ1v) is 6.83. The maximum absolute atomic E-state index is 12.9. The molecule has 0 amide bonds. The molecule has 2 rings (SSSR count). The van der Waals surface area contributed by atoms with E-state index in [0.29, 0.717) is 17.2 Å². The highest BCUT2D eigenvalue weighted by Crippen LogP contribution is 2.20. The van der Waals surface area contributed by atoms with Crippen LogP contribution in [0.5, 0.6) is 5.75 Å². The molecule has 0 aliphatic heterocycles. The molecule has 0 aliphatic rings. The predicted octanol–water partition coefficient (Wildman–Crippen LogP) is 3.79. The van der Waals surface area contributed by atoms with Crippen LogP contribution >= 0.6 is 11.6 Å². The summed E-state index contributed by atoms with van der Waals surface area (Å²) in [7, 11) is 0. The van der Waals surface area contributed by atoms with Crippen LogP contribution in [0, 0.1) is 17.7 Å². The monoisotopic (exact) mass is 304 g/mol. The Morgan fingerprint density at radius 1 is 1.14 bits per heavy atom. The maximum atomic E-state index is 12.9. The summed E-state index contributed by atoms with van der Waals surface area (Å²) < 4.78 is 18.5. The van der Waals surface area contributed by atoms with E-state index in [9.17, 15) is 4.39 Å². The van der Waals surface area contributed by atoms with Crippen LogP contribution < -0.4 is 4.74 Å². The van der Waals surface area contributed by atoms with Gasteiger partial charge in [-0.15, -0.1) is 0 Å². The van der Waals surface area contributed by atoms with Gasteiger partial charge in [0.05, 0.1) is 11.6 Å². The SMILES string of the molecule is OCCC#Cc1ccc(OCc2ccc(F)cc2Cl)cc1. The van der Waals surface area contributed by atoms with Crippen LogP contribution in [0.1, 0.15) is 17.5 Å². The lowest BCUT2D eigenvalue weighted by Crippen LogP contribution is -1.96. The molecule has 0 unspecified atom stereocenters. The second-order valence-corrected chi connectivity index (χ2v) is 4.73. The van der Waals surface area contributed by atoms with E-state index in [0.717, 1.165) is 11.1 Å². The molecule has 108 valence electrons. The molecule has 2 aromatic rings. The smallest absolute Gasteiger partial charge is 0.124 e. The van der Waals surface area contributed by atoms with Crippen LogP contribution in [-0.4, -0.2) is 11.7 Å². The molecule has 0 radical (unpaired) electrons. The zero-order valence-corrected chi connectivity index (χ0v) is 12.0. The number of ether oxygens (including phenoxy) is 1. The van der Waals surface area contributed by atoms with Crippen molar-refractivity contribution < 1.29 is 14.2 Å². The van der Waals surface area contributed by atoms with Crippen molar-refractivity contribution in [2.45, 2.75) is 13.0 Å². The number of aliphatic hydroxyl groups excluding tert-OH is 1. The molecule has 0 saturated heterocycles. The highest BCUT2D eigenvalue weighted by atomic mass is 35.5. The van der Waals surface area contributed by atoms with Crippen LogP contribution in [-0.2, 0) is 6.61 Å².